The van der Waals surface area contributed by atoms with Crippen LogP contribution in [0.5, 0.6) is 0 Å². The molecule has 21 heavy (non-hydrogen) atoms. The van der Waals surface area contributed by atoms with Crippen LogP contribution in [0.4, 0.5) is 5.69 Å². The van der Waals surface area contributed by atoms with Crippen molar-refractivity contribution in [3.63, 3.8) is 0 Å². The fraction of sp³-hybridized carbons (Fsp3) is 0.286. The van der Waals surface area contributed by atoms with Gasteiger partial charge in [0.2, 0.25) is 5.89 Å². The van der Waals surface area contributed by atoms with Gasteiger partial charge in [0.1, 0.15) is 0 Å². The van der Waals surface area contributed by atoms with Crippen LogP contribution >= 0.6 is 0 Å². The maximum absolute atomic E-state index is 11.8. The molecule has 0 aliphatic carbocycles. The lowest BCUT2D eigenvalue weighted by Gasteiger charge is -2.10. The standard InChI is InChI=1S/C14H15N3O4/c1-8(7-12(18)19)10-3-5-11(6-4-10)16-14(20)13-15-9(2)21-17-13/h3-6,8H,7H2,1-2H3,(H,16,20)(H,18,19). The SMILES string of the molecule is Cc1nc(C(=O)Nc2ccc(C(C)CC(=O)O)cc2)no1. The first kappa shape index (κ1) is 14.7. The van der Waals surface area contributed by atoms with E-state index in [2.05, 4.69) is 15.5 Å². The van der Waals surface area contributed by atoms with E-state index in [4.69, 9.17) is 9.63 Å². The van der Waals surface area contributed by atoms with Crippen molar-refractivity contribution in [2.75, 3.05) is 5.32 Å². The number of aliphatic carboxylic acids is 1. The summed E-state index contributed by atoms with van der Waals surface area (Å²) >= 11 is 0. The molecule has 2 rings (SSSR count). The Labute approximate surface area is 121 Å². The highest BCUT2D eigenvalue weighted by Crippen LogP contribution is 2.21. The van der Waals surface area contributed by atoms with E-state index in [0.717, 1.165) is 5.56 Å². The normalized spacial score (nSPS) is 11.9. The number of rotatable bonds is 5. The molecule has 0 aliphatic heterocycles. The number of benzene rings is 1. The predicted molar refractivity (Wildman–Crippen MR) is 74.1 cm³/mol. The number of nitrogens with one attached hydrogen (secondary N) is 1. The van der Waals surface area contributed by atoms with Gasteiger partial charge >= 0.3 is 5.97 Å². The Balaban J connectivity index is 2.02. The number of aromatic nitrogens is 2. The van der Waals surface area contributed by atoms with Crippen LogP contribution < -0.4 is 5.32 Å². The maximum atomic E-state index is 11.8. The first-order valence-corrected chi connectivity index (χ1v) is 6.39. The number of carboxylic acid groups (broad SMARTS) is 1. The third-order valence-corrected chi connectivity index (χ3v) is 2.95. The molecule has 110 valence electrons. The lowest BCUT2D eigenvalue weighted by molar-refractivity contribution is -0.137. The van der Waals surface area contributed by atoms with Crippen LogP contribution in [0.3, 0.4) is 0 Å². The van der Waals surface area contributed by atoms with Crippen molar-refractivity contribution in [2.45, 2.75) is 26.2 Å². The molecule has 7 heteroatoms. The molecule has 1 atom stereocenters. The molecule has 0 aliphatic rings. The Bertz CT molecular complexity index is 648. The average molecular weight is 289 g/mol. The molecule has 1 unspecified atom stereocenters. The highest BCUT2D eigenvalue weighted by Gasteiger charge is 2.14. The predicted octanol–water partition coefficient (Wildman–Crippen LogP) is 2.21. The molecule has 1 heterocycles. The molecular formula is C14H15N3O4. The van der Waals surface area contributed by atoms with Crippen molar-refractivity contribution in [3.8, 4) is 0 Å². The van der Waals surface area contributed by atoms with Crippen molar-refractivity contribution in [3.05, 3.63) is 41.5 Å². The summed E-state index contributed by atoms with van der Waals surface area (Å²) in [5.41, 5.74) is 1.47. The van der Waals surface area contributed by atoms with Crippen molar-refractivity contribution in [1.82, 2.24) is 10.1 Å². The first-order valence-electron chi connectivity index (χ1n) is 6.39. The minimum atomic E-state index is -0.840. The van der Waals surface area contributed by atoms with Crippen LogP contribution in [0.2, 0.25) is 0 Å². The van der Waals surface area contributed by atoms with E-state index in [1.165, 1.54) is 0 Å². The largest absolute Gasteiger partial charge is 0.481 e. The molecule has 0 fully saturated rings. The Kier molecular flexibility index (Phi) is 4.32. The van der Waals surface area contributed by atoms with E-state index < -0.39 is 11.9 Å². The molecule has 1 aromatic carbocycles. The third-order valence-electron chi connectivity index (χ3n) is 2.95. The number of hydrogen-bond acceptors (Lipinski definition) is 5. The van der Waals surface area contributed by atoms with E-state index in [1.54, 1.807) is 31.2 Å². The second-order valence-corrected chi connectivity index (χ2v) is 4.71. The highest BCUT2D eigenvalue weighted by atomic mass is 16.5. The van der Waals surface area contributed by atoms with Gasteiger partial charge in [-0.3, -0.25) is 9.59 Å². The van der Waals surface area contributed by atoms with Gasteiger partial charge in [0.25, 0.3) is 11.7 Å². The maximum Gasteiger partial charge on any atom is 0.303 e. The highest BCUT2D eigenvalue weighted by molar-refractivity contribution is 6.01. The van der Waals surface area contributed by atoms with E-state index in [-0.39, 0.29) is 18.2 Å². The van der Waals surface area contributed by atoms with Gasteiger partial charge in [0, 0.05) is 12.6 Å². The molecule has 1 amide bonds. The van der Waals surface area contributed by atoms with Crippen LogP contribution in [0.1, 0.15) is 41.3 Å². The van der Waals surface area contributed by atoms with Crippen molar-refractivity contribution in [2.24, 2.45) is 0 Å². The Morgan fingerprint density at radius 1 is 1.33 bits per heavy atom. The zero-order valence-electron chi connectivity index (χ0n) is 11.7. The summed E-state index contributed by atoms with van der Waals surface area (Å²) in [4.78, 5) is 26.3. The van der Waals surface area contributed by atoms with Gasteiger partial charge < -0.3 is 14.9 Å². The zero-order chi connectivity index (χ0) is 15.4. The van der Waals surface area contributed by atoms with E-state index in [1.807, 2.05) is 6.92 Å². The number of carbonyl (C=O) groups excluding carboxylic acids is 1. The smallest absolute Gasteiger partial charge is 0.303 e. The molecule has 0 radical (unpaired) electrons. The quantitative estimate of drug-likeness (QED) is 0.874. The van der Waals surface area contributed by atoms with Crippen molar-refractivity contribution < 1.29 is 19.2 Å². The Morgan fingerprint density at radius 2 is 2.00 bits per heavy atom. The molecule has 0 bridgehead atoms. The summed E-state index contributed by atoms with van der Waals surface area (Å²) in [6, 6.07) is 6.98. The first-order chi connectivity index (χ1) is 9.95. The summed E-state index contributed by atoms with van der Waals surface area (Å²) in [6.45, 7) is 3.44. The summed E-state index contributed by atoms with van der Waals surface area (Å²) in [5, 5.41) is 14.9. The molecule has 1 aromatic heterocycles. The molecule has 2 N–H and O–H groups in total. The number of nitrogens with zero attached hydrogens (tertiary/aromatic N) is 2. The van der Waals surface area contributed by atoms with Crippen LogP contribution in [-0.2, 0) is 4.79 Å². The topological polar surface area (TPSA) is 105 Å². The third kappa shape index (κ3) is 3.88. The van der Waals surface area contributed by atoms with Crippen LogP contribution in [0.15, 0.2) is 28.8 Å². The molecule has 0 spiro atoms. The van der Waals surface area contributed by atoms with Gasteiger partial charge in [-0.1, -0.05) is 24.2 Å². The number of carbonyl (C=O) groups is 2. The van der Waals surface area contributed by atoms with E-state index >= 15 is 0 Å². The summed E-state index contributed by atoms with van der Waals surface area (Å²) in [6.07, 6.45) is 0.0633. The fourth-order valence-corrected chi connectivity index (χ4v) is 1.85. The lowest BCUT2D eigenvalue weighted by Crippen LogP contribution is -2.13. The van der Waals surface area contributed by atoms with E-state index in [0.29, 0.717) is 11.6 Å². The number of carboxylic acids is 1. The van der Waals surface area contributed by atoms with Gasteiger partial charge in [0.15, 0.2) is 0 Å². The number of hydrogen-bond donors (Lipinski definition) is 2. The van der Waals surface area contributed by atoms with Gasteiger partial charge in [-0.2, -0.15) is 4.98 Å². The summed E-state index contributed by atoms with van der Waals surface area (Å²) < 4.78 is 4.73. The van der Waals surface area contributed by atoms with Crippen LogP contribution in [0.25, 0.3) is 0 Å². The molecule has 0 saturated heterocycles. The molecule has 0 saturated carbocycles. The van der Waals surface area contributed by atoms with Gasteiger partial charge in [-0.05, 0) is 23.6 Å². The van der Waals surface area contributed by atoms with E-state index in [9.17, 15) is 9.59 Å². The molecule has 7 nitrogen and oxygen atoms in total. The average Bonchev–Trinajstić information content (AvgIpc) is 2.85. The second kappa shape index (κ2) is 6.17. The summed E-state index contributed by atoms with van der Waals surface area (Å²) in [5.74, 6) is -1.11. The summed E-state index contributed by atoms with van der Waals surface area (Å²) in [7, 11) is 0. The van der Waals surface area contributed by atoms with Gasteiger partial charge in [0.05, 0.1) is 6.42 Å². The molecule has 2 aromatic rings. The lowest BCUT2D eigenvalue weighted by atomic mass is 9.98. The fourth-order valence-electron chi connectivity index (χ4n) is 1.85. The Morgan fingerprint density at radius 3 is 2.52 bits per heavy atom. The number of anilines is 1. The van der Waals surface area contributed by atoms with Gasteiger partial charge in [-0.25, -0.2) is 0 Å². The van der Waals surface area contributed by atoms with Crippen molar-refractivity contribution in [1.29, 1.82) is 0 Å². The Hall–Kier alpha value is -2.70. The van der Waals surface area contributed by atoms with Crippen LogP contribution in [0, 0.1) is 6.92 Å². The number of amides is 1. The zero-order valence-corrected chi connectivity index (χ0v) is 11.7. The number of aryl methyl sites for hydroxylation is 1. The minimum Gasteiger partial charge on any atom is -0.481 e. The van der Waals surface area contributed by atoms with Gasteiger partial charge in [-0.15, -0.1) is 0 Å². The molecular weight excluding hydrogens is 274 g/mol. The second-order valence-electron chi connectivity index (χ2n) is 4.71. The minimum absolute atomic E-state index is 0.0316. The van der Waals surface area contributed by atoms with Crippen LogP contribution in [-0.4, -0.2) is 27.1 Å². The monoisotopic (exact) mass is 289 g/mol. The van der Waals surface area contributed by atoms with Crippen molar-refractivity contribution >= 4 is 17.6 Å².